The number of nitrogens with two attached hydrogens (primary N) is 1. The molecule has 0 aromatic heterocycles. The van der Waals surface area contributed by atoms with Crippen molar-refractivity contribution >= 4 is 5.91 Å². The average Bonchev–Trinajstić information content (AvgIpc) is 2.46. The number of nitrogens with one attached hydrogen (secondary N) is 1. The van der Waals surface area contributed by atoms with Gasteiger partial charge in [-0.05, 0) is 30.0 Å². The number of amides is 1. The minimum atomic E-state index is -0.452. The molecule has 3 nitrogen and oxygen atoms in total. The Bertz CT molecular complexity index is 444. The highest BCUT2D eigenvalue weighted by Gasteiger charge is 2.20. The number of hydrogen-bond acceptors (Lipinski definition) is 2. The van der Waals surface area contributed by atoms with E-state index in [4.69, 9.17) is 5.73 Å². The summed E-state index contributed by atoms with van der Waals surface area (Å²) >= 11 is 0. The summed E-state index contributed by atoms with van der Waals surface area (Å²) in [5, 5.41) is 2.78. The van der Waals surface area contributed by atoms with Crippen LogP contribution in [0.5, 0.6) is 0 Å². The Morgan fingerprint density at radius 1 is 1.35 bits per heavy atom. The molecule has 1 aliphatic carbocycles. The molecule has 1 unspecified atom stereocenters. The molecule has 1 aromatic rings. The molecule has 20 heavy (non-hydrogen) atoms. The first kappa shape index (κ1) is 15.0. The topological polar surface area (TPSA) is 55.1 Å². The van der Waals surface area contributed by atoms with E-state index in [1.54, 1.807) is 12.1 Å². The van der Waals surface area contributed by atoms with Crippen LogP contribution in [0.1, 0.15) is 44.1 Å². The summed E-state index contributed by atoms with van der Waals surface area (Å²) in [6, 6.07) is 5.79. The van der Waals surface area contributed by atoms with Crippen molar-refractivity contribution in [2.45, 2.75) is 51.1 Å². The van der Waals surface area contributed by atoms with E-state index in [0.717, 1.165) is 12.0 Å². The van der Waals surface area contributed by atoms with Crippen LogP contribution in [0.3, 0.4) is 0 Å². The molecule has 0 aliphatic heterocycles. The molecule has 1 aromatic carbocycles. The third kappa shape index (κ3) is 4.60. The van der Waals surface area contributed by atoms with E-state index in [-0.39, 0.29) is 11.7 Å². The van der Waals surface area contributed by atoms with Crippen molar-refractivity contribution in [3.05, 3.63) is 35.6 Å². The van der Waals surface area contributed by atoms with Crippen LogP contribution in [0.4, 0.5) is 4.39 Å². The van der Waals surface area contributed by atoms with Crippen LogP contribution < -0.4 is 11.1 Å². The van der Waals surface area contributed by atoms with Crippen molar-refractivity contribution in [1.82, 2.24) is 5.32 Å². The maximum Gasteiger partial charge on any atom is 0.237 e. The Hall–Kier alpha value is -1.42. The van der Waals surface area contributed by atoms with Gasteiger partial charge in [0.1, 0.15) is 5.82 Å². The quantitative estimate of drug-likeness (QED) is 0.870. The Morgan fingerprint density at radius 2 is 2.10 bits per heavy atom. The molecule has 1 saturated carbocycles. The summed E-state index contributed by atoms with van der Waals surface area (Å²) in [5.74, 6) is 0.154. The normalized spacial score (nSPS) is 17.7. The van der Waals surface area contributed by atoms with Gasteiger partial charge in [-0.1, -0.05) is 44.2 Å². The molecule has 1 fully saturated rings. The Balaban J connectivity index is 1.76. The van der Waals surface area contributed by atoms with Crippen LogP contribution in [-0.2, 0) is 11.3 Å². The van der Waals surface area contributed by atoms with Gasteiger partial charge < -0.3 is 11.1 Å². The van der Waals surface area contributed by atoms with Crippen LogP contribution >= 0.6 is 0 Å². The van der Waals surface area contributed by atoms with Gasteiger partial charge in [-0.15, -0.1) is 0 Å². The molecule has 1 aliphatic rings. The molecular formula is C16H23FN2O. The van der Waals surface area contributed by atoms with Crippen LogP contribution in [0.15, 0.2) is 24.3 Å². The summed E-state index contributed by atoms with van der Waals surface area (Å²) in [6.45, 7) is 0.328. The fourth-order valence-corrected chi connectivity index (χ4v) is 2.86. The zero-order valence-electron chi connectivity index (χ0n) is 11.8. The van der Waals surface area contributed by atoms with Gasteiger partial charge in [0.2, 0.25) is 5.91 Å². The predicted octanol–water partition coefficient (Wildman–Crippen LogP) is 2.74. The van der Waals surface area contributed by atoms with Gasteiger partial charge in [-0.25, -0.2) is 4.39 Å². The number of benzene rings is 1. The van der Waals surface area contributed by atoms with Crippen molar-refractivity contribution in [3.8, 4) is 0 Å². The fourth-order valence-electron chi connectivity index (χ4n) is 2.86. The number of carbonyl (C=O) groups excluding carboxylic acids is 1. The highest BCUT2D eigenvalue weighted by atomic mass is 19.1. The van der Waals surface area contributed by atoms with Crippen molar-refractivity contribution in [1.29, 1.82) is 0 Å². The molecule has 110 valence electrons. The van der Waals surface area contributed by atoms with Gasteiger partial charge in [-0.3, -0.25) is 4.79 Å². The summed E-state index contributed by atoms with van der Waals surface area (Å²) in [6.07, 6.45) is 6.94. The minimum Gasteiger partial charge on any atom is -0.351 e. The lowest BCUT2D eigenvalue weighted by Crippen LogP contribution is -2.41. The third-order valence-electron chi connectivity index (χ3n) is 4.00. The van der Waals surface area contributed by atoms with Crippen molar-refractivity contribution in [2.24, 2.45) is 11.7 Å². The Morgan fingerprint density at radius 3 is 2.80 bits per heavy atom. The van der Waals surface area contributed by atoms with E-state index in [1.807, 2.05) is 0 Å². The molecule has 0 spiro atoms. The maximum absolute atomic E-state index is 13.0. The lowest BCUT2D eigenvalue weighted by Gasteiger charge is -2.24. The van der Waals surface area contributed by atoms with E-state index in [2.05, 4.69) is 5.32 Å². The monoisotopic (exact) mass is 278 g/mol. The van der Waals surface area contributed by atoms with Crippen LogP contribution in [0.2, 0.25) is 0 Å². The molecule has 4 heteroatoms. The largest absolute Gasteiger partial charge is 0.351 e. The molecule has 1 amide bonds. The molecule has 0 saturated heterocycles. The van der Waals surface area contributed by atoms with Gasteiger partial charge in [0.25, 0.3) is 0 Å². The fraction of sp³-hybridized carbons (Fsp3) is 0.562. The maximum atomic E-state index is 13.0. The number of rotatable bonds is 5. The van der Waals surface area contributed by atoms with Crippen molar-refractivity contribution < 1.29 is 9.18 Å². The van der Waals surface area contributed by atoms with Crippen molar-refractivity contribution in [3.63, 3.8) is 0 Å². The first-order valence-corrected chi connectivity index (χ1v) is 7.43. The standard InChI is InChI=1S/C16H23FN2O/c17-14-8-4-7-13(9-14)11-19-16(20)15(18)10-12-5-2-1-3-6-12/h4,7-9,12,15H,1-3,5-6,10-11,18H2,(H,19,20). The SMILES string of the molecule is NC(CC1CCCCC1)C(=O)NCc1cccc(F)c1. The predicted molar refractivity (Wildman–Crippen MR) is 77.4 cm³/mol. The molecule has 0 bridgehead atoms. The Kier molecular flexibility index (Phi) is 5.53. The summed E-state index contributed by atoms with van der Waals surface area (Å²) in [7, 11) is 0. The lowest BCUT2D eigenvalue weighted by atomic mass is 9.85. The van der Waals surface area contributed by atoms with E-state index in [1.165, 1.54) is 44.2 Å². The molecule has 1 atom stereocenters. The summed E-state index contributed by atoms with van der Waals surface area (Å²) < 4.78 is 13.0. The van der Waals surface area contributed by atoms with Gasteiger partial charge in [0, 0.05) is 6.54 Å². The van der Waals surface area contributed by atoms with Crippen LogP contribution in [-0.4, -0.2) is 11.9 Å². The van der Waals surface area contributed by atoms with Crippen LogP contribution in [0, 0.1) is 11.7 Å². The van der Waals surface area contributed by atoms with E-state index >= 15 is 0 Å². The minimum absolute atomic E-state index is 0.139. The lowest BCUT2D eigenvalue weighted by molar-refractivity contribution is -0.123. The second kappa shape index (κ2) is 7.39. The molecule has 0 heterocycles. The number of carbonyl (C=O) groups is 1. The number of hydrogen-bond donors (Lipinski definition) is 2. The zero-order chi connectivity index (χ0) is 14.4. The van der Waals surface area contributed by atoms with E-state index in [9.17, 15) is 9.18 Å². The van der Waals surface area contributed by atoms with Crippen molar-refractivity contribution in [2.75, 3.05) is 0 Å². The molecular weight excluding hydrogens is 255 g/mol. The van der Waals surface area contributed by atoms with Gasteiger partial charge >= 0.3 is 0 Å². The van der Waals surface area contributed by atoms with E-state index < -0.39 is 6.04 Å². The summed E-state index contributed by atoms with van der Waals surface area (Å²) in [4.78, 5) is 11.9. The van der Waals surface area contributed by atoms with Crippen LogP contribution in [0.25, 0.3) is 0 Å². The first-order valence-electron chi connectivity index (χ1n) is 7.43. The molecule has 2 rings (SSSR count). The highest BCUT2D eigenvalue weighted by Crippen LogP contribution is 2.26. The zero-order valence-corrected chi connectivity index (χ0v) is 11.8. The smallest absolute Gasteiger partial charge is 0.237 e. The molecule has 3 N–H and O–H groups in total. The van der Waals surface area contributed by atoms with Gasteiger partial charge in [0.05, 0.1) is 6.04 Å². The van der Waals surface area contributed by atoms with Gasteiger partial charge in [0.15, 0.2) is 0 Å². The Labute approximate surface area is 119 Å². The highest BCUT2D eigenvalue weighted by molar-refractivity contribution is 5.81. The second-order valence-electron chi connectivity index (χ2n) is 5.69. The summed E-state index contributed by atoms with van der Waals surface area (Å²) in [5.41, 5.74) is 6.71. The molecule has 0 radical (unpaired) electrons. The van der Waals surface area contributed by atoms with E-state index in [0.29, 0.717) is 12.5 Å². The number of halogens is 1. The van der Waals surface area contributed by atoms with Gasteiger partial charge in [-0.2, -0.15) is 0 Å². The first-order chi connectivity index (χ1) is 9.65. The average molecular weight is 278 g/mol. The third-order valence-corrected chi connectivity index (χ3v) is 4.00. The second-order valence-corrected chi connectivity index (χ2v) is 5.69.